The quantitative estimate of drug-likeness (QED) is 0.748. The Bertz CT molecular complexity index is 424. The number of para-hydroxylation sites is 1. The smallest absolute Gasteiger partial charge is 0.122 e. The number of rotatable bonds is 4. The summed E-state index contributed by atoms with van der Waals surface area (Å²) < 4.78 is 10.7. The van der Waals surface area contributed by atoms with Gasteiger partial charge < -0.3 is 9.47 Å². The van der Waals surface area contributed by atoms with Crippen molar-refractivity contribution in [3.63, 3.8) is 0 Å². The van der Waals surface area contributed by atoms with E-state index < -0.39 is 0 Å². The Morgan fingerprint density at radius 2 is 2.29 bits per heavy atom. The number of hydrogen-bond donors (Lipinski definition) is 0. The lowest BCUT2D eigenvalue weighted by atomic mass is 9.78. The first-order valence-corrected chi connectivity index (χ1v) is 5.90. The Kier molecular flexibility index (Phi) is 3.65. The summed E-state index contributed by atoms with van der Waals surface area (Å²) in [6.45, 7) is 1.19. The van der Waals surface area contributed by atoms with E-state index in [4.69, 9.17) is 9.47 Å². The molecule has 1 aliphatic rings. The monoisotopic (exact) mass is 231 g/mol. The van der Waals surface area contributed by atoms with Gasteiger partial charge in [-0.3, -0.25) is 0 Å². The Hall–Kier alpha value is -1.53. The fourth-order valence-corrected chi connectivity index (χ4v) is 2.27. The third-order valence-electron chi connectivity index (χ3n) is 3.25. The Morgan fingerprint density at radius 1 is 1.47 bits per heavy atom. The first-order chi connectivity index (χ1) is 8.29. The van der Waals surface area contributed by atoms with Crippen LogP contribution in [0.25, 0.3) is 0 Å². The fraction of sp³-hybridized carbons (Fsp3) is 0.500. The van der Waals surface area contributed by atoms with Crippen LogP contribution in [0.4, 0.5) is 0 Å². The zero-order valence-corrected chi connectivity index (χ0v) is 10.1. The molecule has 0 saturated heterocycles. The molecule has 1 aromatic carbocycles. The molecule has 0 aliphatic carbocycles. The van der Waals surface area contributed by atoms with Gasteiger partial charge >= 0.3 is 0 Å². The molecule has 0 saturated carbocycles. The molecule has 1 unspecified atom stereocenters. The van der Waals surface area contributed by atoms with Gasteiger partial charge in [0.2, 0.25) is 0 Å². The molecule has 0 amide bonds. The van der Waals surface area contributed by atoms with Crippen molar-refractivity contribution in [2.75, 3.05) is 20.3 Å². The predicted molar refractivity (Wildman–Crippen MR) is 64.8 cm³/mol. The summed E-state index contributed by atoms with van der Waals surface area (Å²) in [5.74, 6) is 0.921. The van der Waals surface area contributed by atoms with Crippen molar-refractivity contribution in [1.82, 2.24) is 0 Å². The van der Waals surface area contributed by atoms with Gasteiger partial charge in [-0.05, 0) is 30.9 Å². The Morgan fingerprint density at radius 3 is 3.06 bits per heavy atom. The summed E-state index contributed by atoms with van der Waals surface area (Å²) in [6.07, 6.45) is 2.50. The van der Waals surface area contributed by atoms with E-state index in [1.807, 2.05) is 24.3 Å². The van der Waals surface area contributed by atoms with Gasteiger partial charge in [0.15, 0.2) is 0 Å². The summed E-state index contributed by atoms with van der Waals surface area (Å²) in [6, 6.07) is 10.4. The van der Waals surface area contributed by atoms with Gasteiger partial charge in [0.05, 0.1) is 11.5 Å². The second-order valence-electron chi connectivity index (χ2n) is 4.56. The highest BCUT2D eigenvalue weighted by Gasteiger charge is 2.35. The zero-order valence-electron chi connectivity index (χ0n) is 10.1. The highest BCUT2D eigenvalue weighted by atomic mass is 16.5. The van der Waals surface area contributed by atoms with Crippen molar-refractivity contribution in [2.24, 2.45) is 5.41 Å². The van der Waals surface area contributed by atoms with E-state index in [-0.39, 0.29) is 5.41 Å². The molecule has 0 aromatic heterocycles. The van der Waals surface area contributed by atoms with Crippen LogP contribution in [0.2, 0.25) is 0 Å². The van der Waals surface area contributed by atoms with Crippen LogP contribution in [0.1, 0.15) is 18.4 Å². The summed E-state index contributed by atoms with van der Waals surface area (Å²) in [5, 5.41) is 9.40. The average Bonchev–Trinajstić information content (AvgIpc) is 2.39. The van der Waals surface area contributed by atoms with E-state index in [1.54, 1.807) is 7.11 Å². The number of ether oxygens (including phenoxy) is 2. The molecular weight excluding hydrogens is 214 g/mol. The zero-order chi connectivity index (χ0) is 12.1. The minimum Gasteiger partial charge on any atom is -0.492 e. The number of hydrogen-bond acceptors (Lipinski definition) is 3. The minimum atomic E-state index is -0.382. The van der Waals surface area contributed by atoms with Gasteiger partial charge in [-0.1, -0.05) is 18.2 Å². The van der Waals surface area contributed by atoms with Crippen LogP contribution in [0.5, 0.6) is 5.75 Å². The van der Waals surface area contributed by atoms with Crippen molar-refractivity contribution in [1.29, 1.82) is 5.26 Å². The van der Waals surface area contributed by atoms with Gasteiger partial charge in [-0.25, -0.2) is 0 Å². The minimum absolute atomic E-state index is 0.382. The third-order valence-corrected chi connectivity index (χ3v) is 3.25. The van der Waals surface area contributed by atoms with Gasteiger partial charge in [-0.2, -0.15) is 5.26 Å². The molecule has 0 spiro atoms. The number of benzene rings is 1. The first-order valence-electron chi connectivity index (χ1n) is 5.90. The molecule has 2 rings (SSSR count). The normalized spacial score (nSPS) is 22.4. The van der Waals surface area contributed by atoms with E-state index in [2.05, 4.69) is 6.07 Å². The van der Waals surface area contributed by atoms with Crippen LogP contribution in [0, 0.1) is 16.7 Å². The number of nitriles is 1. The van der Waals surface area contributed by atoms with Crippen LogP contribution in [0.3, 0.4) is 0 Å². The van der Waals surface area contributed by atoms with Crippen LogP contribution in [-0.4, -0.2) is 20.3 Å². The van der Waals surface area contributed by atoms with Crippen LogP contribution in [0.15, 0.2) is 24.3 Å². The molecule has 3 heteroatoms. The maximum absolute atomic E-state index is 9.40. The topological polar surface area (TPSA) is 42.2 Å². The molecular formula is C14H17NO2. The van der Waals surface area contributed by atoms with Crippen molar-refractivity contribution in [3.8, 4) is 11.8 Å². The second kappa shape index (κ2) is 5.20. The Balaban J connectivity index is 2.10. The van der Waals surface area contributed by atoms with Crippen molar-refractivity contribution < 1.29 is 9.47 Å². The fourth-order valence-electron chi connectivity index (χ4n) is 2.27. The molecule has 0 N–H and O–H groups in total. The summed E-state index contributed by atoms with van der Waals surface area (Å²) >= 11 is 0. The van der Waals surface area contributed by atoms with Gasteiger partial charge in [0, 0.05) is 13.7 Å². The molecule has 0 fully saturated rings. The SMILES string of the molecule is COCCCC1(C#N)COc2ccccc2C1. The highest BCUT2D eigenvalue weighted by Crippen LogP contribution is 2.37. The van der Waals surface area contributed by atoms with Crippen LogP contribution in [-0.2, 0) is 11.2 Å². The molecule has 1 atom stereocenters. The second-order valence-corrected chi connectivity index (χ2v) is 4.56. The molecule has 90 valence electrons. The summed E-state index contributed by atoms with van der Waals surface area (Å²) in [4.78, 5) is 0. The summed E-state index contributed by atoms with van der Waals surface area (Å²) in [5.41, 5.74) is 0.755. The lowest BCUT2D eigenvalue weighted by molar-refractivity contribution is 0.134. The first kappa shape index (κ1) is 11.9. The molecule has 0 bridgehead atoms. The molecule has 1 aliphatic heterocycles. The molecule has 1 heterocycles. The van der Waals surface area contributed by atoms with Crippen LogP contribution < -0.4 is 4.74 Å². The number of methoxy groups -OCH3 is 1. The molecule has 0 radical (unpaired) electrons. The maximum Gasteiger partial charge on any atom is 0.122 e. The van der Waals surface area contributed by atoms with Crippen molar-refractivity contribution in [2.45, 2.75) is 19.3 Å². The van der Waals surface area contributed by atoms with E-state index in [1.165, 1.54) is 0 Å². The lowest BCUT2D eigenvalue weighted by Crippen LogP contribution is -2.33. The standard InChI is InChI=1S/C14H17NO2/c1-16-8-4-7-14(10-15)9-12-5-2-3-6-13(12)17-11-14/h2-3,5-6H,4,7-9,11H2,1H3. The molecule has 1 aromatic rings. The van der Waals surface area contributed by atoms with Crippen LogP contribution >= 0.6 is 0 Å². The van der Waals surface area contributed by atoms with E-state index in [0.29, 0.717) is 13.2 Å². The number of fused-ring (bicyclic) bond motifs is 1. The van der Waals surface area contributed by atoms with Gasteiger partial charge in [0.1, 0.15) is 12.4 Å². The molecule has 17 heavy (non-hydrogen) atoms. The maximum atomic E-state index is 9.40. The molecule has 3 nitrogen and oxygen atoms in total. The van der Waals surface area contributed by atoms with Crippen molar-refractivity contribution >= 4 is 0 Å². The average molecular weight is 231 g/mol. The van der Waals surface area contributed by atoms with Gasteiger partial charge in [0.25, 0.3) is 0 Å². The largest absolute Gasteiger partial charge is 0.492 e. The van der Waals surface area contributed by atoms with E-state index >= 15 is 0 Å². The third kappa shape index (κ3) is 2.59. The number of nitrogens with zero attached hydrogens (tertiary/aromatic N) is 1. The predicted octanol–water partition coefficient (Wildman–Crippen LogP) is 2.56. The highest BCUT2D eigenvalue weighted by molar-refractivity contribution is 5.37. The van der Waals surface area contributed by atoms with E-state index in [9.17, 15) is 5.26 Å². The lowest BCUT2D eigenvalue weighted by Gasteiger charge is -2.32. The van der Waals surface area contributed by atoms with Gasteiger partial charge in [-0.15, -0.1) is 0 Å². The summed E-state index contributed by atoms with van der Waals surface area (Å²) in [7, 11) is 1.69. The van der Waals surface area contributed by atoms with Crippen molar-refractivity contribution in [3.05, 3.63) is 29.8 Å². The van der Waals surface area contributed by atoms with E-state index in [0.717, 1.165) is 30.6 Å². The Labute approximate surface area is 102 Å².